The molecule has 0 aromatic heterocycles. The average Bonchev–Trinajstić information content (AvgIpc) is 2.36. The summed E-state index contributed by atoms with van der Waals surface area (Å²) in [4.78, 5) is 0. The first-order chi connectivity index (χ1) is 9.49. The van der Waals surface area contributed by atoms with Crippen molar-refractivity contribution in [1.82, 2.24) is 0 Å². The molecule has 0 saturated carbocycles. The number of nitrogens with two attached hydrogens (primary N) is 1. The number of anilines is 1. The van der Waals surface area contributed by atoms with Crippen LogP contribution in [0.2, 0.25) is 5.02 Å². The van der Waals surface area contributed by atoms with Crippen LogP contribution in [0.25, 0.3) is 0 Å². The zero-order valence-electron chi connectivity index (χ0n) is 11.9. The van der Waals surface area contributed by atoms with Gasteiger partial charge in [0.15, 0.2) is 0 Å². The Morgan fingerprint density at radius 2 is 1.70 bits per heavy atom. The number of nitrogen functional groups attached to an aromatic ring is 1. The molecule has 0 bridgehead atoms. The van der Waals surface area contributed by atoms with Gasteiger partial charge < -0.3 is 15.2 Å². The Kier molecular flexibility index (Phi) is 4.40. The highest BCUT2D eigenvalue weighted by Crippen LogP contribution is 2.28. The van der Waals surface area contributed by atoms with Crippen molar-refractivity contribution in [2.24, 2.45) is 0 Å². The van der Waals surface area contributed by atoms with E-state index in [2.05, 4.69) is 0 Å². The van der Waals surface area contributed by atoms with E-state index in [9.17, 15) is 0 Å². The largest absolute Gasteiger partial charge is 0.497 e. The molecule has 0 unspecified atom stereocenters. The molecule has 0 heterocycles. The molecule has 2 rings (SSSR count). The van der Waals surface area contributed by atoms with Crippen LogP contribution in [0.3, 0.4) is 0 Å². The van der Waals surface area contributed by atoms with E-state index in [-0.39, 0.29) is 0 Å². The Bertz CT molecular complexity index is 603. The maximum Gasteiger partial charge on any atom is 0.125 e. The van der Waals surface area contributed by atoms with E-state index in [1.165, 1.54) is 0 Å². The number of hydrogen-bond acceptors (Lipinski definition) is 3. The molecule has 0 spiro atoms. The van der Waals surface area contributed by atoms with Crippen LogP contribution in [0, 0.1) is 13.8 Å². The van der Waals surface area contributed by atoms with Crippen molar-refractivity contribution in [2.45, 2.75) is 20.5 Å². The predicted octanol–water partition coefficient (Wildman–Crippen LogP) is 4.13. The maximum atomic E-state index is 6.01. The van der Waals surface area contributed by atoms with Gasteiger partial charge in [0.1, 0.15) is 18.1 Å². The number of hydrogen-bond donors (Lipinski definition) is 1. The Balaban J connectivity index is 2.19. The fourth-order valence-electron chi connectivity index (χ4n) is 2.17. The molecule has 2 aromatic carbocycles. The van der Waals surface area contributed by atoms with E-state index in [1.54, 1.807) is 13.2 Å². The molecule has 0 fully saturated rings. The van der Waals surface area contributed by atoms with Crippen molar-refractivity contribution in [2.75, 3.05) is 12.8 Å². The zero-order valence-corrected chi connectivity index (χ0v) is 12.6. The third kappa shape index (κ3) is 3.36. The fourth-order valence-corrected chi connectivity index (χ4v) is 2.50. The number of methoxy groups -OCH3 is 1. The van der Waals surface area contributed by atoms with Gasteiger partial charge in [0, 0.05) is 16.8 Å². The Morgan fingerprint density at radius 3 is 2.30 bits per heavy atom. The number of rotatable bonds is 4. The standard InChI is InChI=1S/C16H18ClNO2/c1-10-4-13(17)5-11(2)16(10)20-9-12-6-14(18)8-15(7-12)19-3/h4-8H,9,18H2,1-3H3. The van der Waals surface area contributed by atoms with Gasteiger partial charge in [-0.2, -0.15) is 0 Å². The molecule has 106 valence electrons. The molecule has 0 saturated heterocycles. The van der Waals surface area contributed by atoms with Gasteiger partial charge in [0.25, 0.3) is 0 Å². The smallest absolute Gasteiger partial charge is 0.125 e. The summed E-state index contributed by atoms with van der Waals surface area (Å²) < 4.78 is 11.1. The molecule has 4 heteroatoms. The number of aryl methyl sites for hydroxylation is 2. The van der Waals surface area contributed by atoms with Gasteiger partial charge in [-0.3, -0.25) is 0 Å². The van der Waals surface area contributed by atoms with Crippen molar-refractivity contribution in [3.63, 3.8) is 0 Å². The van der Waals surface area contributed by atoms with Crippen LogP contribution < -0.4 is 15.2 Å². The lowest BCUT2D eigenvalue weighted by Gasteiger charge is -2.13. The lowest BCUT2D eigenvalue weighted by Crippen LogP contribution is -2.00. The molecule has 2 N–H and O–H groups in total. The van der Waals surface area contributed by atoms with Crippen LogP contribution in [0.1, 0.15) is 16.7 Å². The van der Waals surface area contributed by atoms with Crippen molar-refractivity contribution < 1.29 is 9.47 Å². The van der Waals surface area contributed by atoms with Crippen molar-refractivity contribution in [3.05, 3.63) is 52.0 Å². The normalized spacial score (nSPS) is 10.4. The van der Waals surface area contributed by atoms with E-state index >= 15 is 0 Å². The predicted molar refractivity (Wildman–Crippen MR) is 82.7 cm³/mol. The van der Waals surface area contributed by atoms with E-state index in [1.807, 2.05) is 38.1 Å². The van der Waals surface area contributed by atoms with Gasteiger partial charge >= 0.3 is 0 Å². The van der Waals surface area contributed by atoms with Crippen LogP contribution in [-0.2, 0) is 6.61 Å². The second-order valence-corrected chi connectivity index (χ2v) is 5.21. The highest BCUT2D eigenvalue weighted by Gasteiger charge is 2.07. The van der Waals surface area contributed by atoms with Gasteiger partial charge in [-0.05, 0) is 54.8 Å². The molecular weight excluding hydrogens is 274 g/mol. The van der Waals surface area contributed by atoms with Gasteiger partial charge in [-0.1, -0.05) is 11.6 Å². The van der Waals surface area contributed by atoms with Gasteiger partial charge in [-0.25, -0.2) is 0 Å². The summed E-state index contributed by atoms with van der Waals surface area (Å²) in [6.45, 7) is 4.40. The lowest BCUT2D eigenvalue weighted by molar-refractivity contribution is 0.301. The van der Waals surface area contributed by atoms with Crippen LogP contribution >= 0.6 is 11.6 Å². The first kappa shape index (κ1) is 14.5. The number of ether oxygens (including phenoxy) is 2. The van der Waals surface area contributed by atoms with Gasteiger partial charge in [0.05, 0.1) is 7.11 Å². The number of benzene rings is 2. The first-order valence-electron chi connectivity index (χ1n) is 6.32. The molecule has 0 radical (unpaired) electrons. The van der Waals surface area contributed by atoms with E-state index < -0.39 is 0 Å². The Morgan fingerprint density at radius 1 is 1.05 bits per heavy atom. The summed E-state index contributed by atoms with van der Waals surface area (Å²) >= 11 is 6.01. The second kappa shape index (κ2) is 6.06. The first-order valence-corrected chi connectivity index (χ1v) is 6.70. The monoisotopic (exact) mass is 291 g/mol. The third-order valence-corrected chi connectivity index (χ3v) is 3.25. The molecule has 20 heavy (non-hydrogen) atoms. The van der Waals surface area contributed by atoms with Gasteiger partial charge in [-0.15, -0.1) is 0 Å². The topological polar surface area (TPSA) is 44.5 Å². The minimum absolute atomic E-state index is 0.435. The SMILES string of the molecule is COc1cc(N)cc(COc2c(C)cc(Cl)cc2C)c1. The van der Waals surface area contributed by atoms with E-state index in [0.717, 1.165) is 33.2 Å². The summed E-state index contributed by atoms with van der Waals surface area (Å²) in [5.74, 6) is 1.59. The second-order valence-electron chi connectivity index (χ2n) is 4.77. The third-order valence-electron chi connectivity index (χ3n) is 3.03. The molecular formula is C16H18ClNO2. The fraction of sp³-hybridized carbons (Fsp3) is 0.250. The van der Waals surface area contributed by atoms with Crippen molar-refractivity contribution >= 4 is 17.3 Å². The molecule has 2 aromatic rings. The van der Waals surface area contributed by atoms with Crippen molar-refractivity contribution in [1.29, 1.82) is 0 Å². The van der Waals surface area contributed by atoms with Crippen LogP contribution in [0.15, 0.2) is 30.3 Å². The highest BCUT2D eigenvalue weighted by molar-refractivity contribution is 6.30. The summed E-state index contributed by atoms with van der Waals surface area (Å²) in [6.07, 6.45) is 0. The molecule has 0 aliphatic carbocycles. The summed E-state index contributed by atoms with van der Waals surface area (Å²) in [5, 5.41) is 0.720. The summed E-state index contributed by atoms with van der Waals surface area (Å²) in [5.41, 5.74) is 9.50. The molecule has 0 atom stereocenters. The lowest BCUT2D eigenvalue weighted by atomic mass is 10.1. The molecule has 3 nitrogen and oxygen atoms in total. The molecule has 0 aliphatic heterocycles. The van der Waals surface area contributed by atoms with Crippen LogP contribution in [-0.4, -0.2) is 7.11 Å². The van der Waals surface area contributed by atoms with Crippen LogP contribution in [0.4, 0.5) is 5.69 Å². The summed E-state index contributed by atoms with van der Waals surface area (Å²) in [7, 11) is 1.62. The minimum atomic E-state index is 0.435. The zero-order chi connectivity index (χ0) is 14.7. The van der Waals surface area contributed by atoms with E-state index in [4.69, 9.17) is 26.8 Å². The minimum Gasteiger partial charge on any atom is -0.497 e. The number of halogens is 1. The molecule has 0 amide bonds. The Hall–Kier alpha value is -1.87. The van der Waals surface area contributed by atoms with E-state index in [0.29, 0.717) is 12.3 Å². The highest BCUT2D eigenvalue weighted by atomic mass is 35.5. The van der Waals surface area contributed by atoms with Crippen LogP contribution in [0.5, 0.6) is 11.5 Å². The quantitative estimate of drug-likeness (QED) is 0.862. The average molecular weight is 292 g/mol. The van der Waals surface area contributed by atoms with Gasteiger partial charge in [0.2, 0.25) is 0 Å². The van der Waals surface area contributed by atoms with Crippen molar-refractivity contribution in [3.8, 4) is 11.5 Å². The maximum absolute atomic E-state index is 6.01. The summed E-state index contributed by atoms with van der Waals surface area (Å²) in [6, 6.07) is 9.36. The Labute approximate surface area is 124 Å². The molecule has 0 aliphatic rings.